The van der Waals surface area contributed by atoms with Crippen molar-refractivity contribution >= 4 is 0 Å². The second-order valence-electron chi connectivity index (χ2n) is 7.99. The average Bonchev–Trinajstić information content (AvgIpc) is 3.29. The van der Waals surface area contributed by atoms with Crippen LogP contribution in [0.15, 0.2) is 73.1 Å². The fourth-order valence-electron chi connectivity index (χ4n) is 4.89. The summed E-state index contributed by atoms with van der Waals surface area (Å²) in [7, 11) is 0. The summed E-state index contributed by atoms with van der Waals surface area (Å²) in [5.74, 6) is 0. The molecule has 2 fully saturated rings. The lowest BCUT2D eigenvalue weighted by Crippen LogP contribution is -2.49. The van der Waals surface area contributed by atoms with Crippen molar-refractivity contribution in [2.24, 2.45) is 0 Å². The first-order valence-electron chi connectivity index (χ1n) is 9.84. The molecule has 2 bridgehead atoms. The van der Waals surface area contributed by atoms with Gasteiger partial charge in [0.1, 0.15) is 0 Å². The van der Waals surface area contributed by atoms with E-state index in [2.05, 4.69) is 40.3 Å². The summed E-state index contributed by atoms with van der Waals surface area (Å²) < 4.78 is 1.87. The summed E-state index contributed by atoms with van der Waals surface area (Å²) in [5.41, 5.74) is 2.56. The minimum Gasteiger partial charge on any atom is -0.385 e. The lowest BCUT2D eigenvalue weighted by molar-refractivity contribution is -0.0595. The first kappa shape index (κ1) is 16.7. The number of piperidine rings is 1. The number of hydrogen-bond donors (Lipinski definition) is 1. The van der Waals surface area contributed by atoms with E-state index in [0.717, 1.165) is 30.6 Å². The molecular formula is C23H25N3O. The van der Waals surface area contributed by atoms with Crippen molar-refractivity contribution in [2.75, 3.05) is 0 Å². The Kier molecular flexibility index (Phi) is 4.10. The van der Waals surface area contributed by atoms with Crippen molar-refractivity contribution in [1.82, 2.24) is 14.7 Å². The van der Waals surface area contributed by atoms with E-state index in [0.29, 0.717) is 12.1 Å². The second-order valence-corrected chi connectivity index (χ2v) is 7.99. The molecule has 0 spiro atoms. The summed E-state index contributed by atoms with van der Waals surface area (Å²) in [4.78, 5) is 2.60. The first-order valence-corrected chi connectivity index (χ1v) is 9.84. The molecule has 2 aromatic carbocycles. The van der Waals surface area contributed by atoms with Gasteiger partial charge in [0.15, 0.2) is 0 Å². The van der Waals surface area contributed by atoms with E-state index in [1.165, 1.54) is 18.4 Å². The molecule has 4 nitrogen and oxygen atoms in total. The highest BCUT2D eigenvalue weighted by atomic mass is 16.3. The summed E-state index contributed by atoms with van der Waals surface area (Å²) in [5, 5.41) is 16.0. The molecule has 0 saturated carbocycles. The van der Waals surface area contributed by atoms with Crippen molar-refractivity contribution in [1.29, 1.82) is 0 Å². The van der Waals surface area contributed by atoms with E-state index in [1.54, 1.807) is 0 Å². The third kappa shape index (κ3) is 3.09. The number of hydrogen-bond acceptors (Lipinski definition) is 3. The van der Waals surface area contributed by atoms with Gasteiger partial charge >= 0.3 is 0 Å². The summed E-state index contributed by atoms with van der Waals surface area (Å²) in [6.07, 6.45) is 7.77. The van der Waals surface area contributed by atoms with Gasteiger partial charge in [-0.1, -0.05) is 48.5 Å². The number of nitrogens with zero attached hydrogens (tertiary/aromatic N) is 3. The quantitative estimate of drug-likeness (QED) is 0.768. The minimum absolute atomic E-state index is 0.439. The van der Waals surface area contributed by atoms with Crippen LogP contribution in [0.2, 0.25) is 0 Å². The van der Waals surface area contributed by atoms with Crippen LogP contribution in [0.5, 0.6) is 0 Å². The van der Waals surface area contributed by atoms with Crippen molar-refractivity contribution in [3.8, 4) is 5.69 Å². The SMILES string of the molecule is OC1(c2cnn(-c3ccccc3)c2)CC2CCC(C1)N2Cc1ccccc1. The van der Waals surface area contributed by atoms with Gasteiger partial charge in [0.2, 0.25) is 0 Å². The molecule has 2 aliphatic rings. The predicted octanol–water partition coefficient (Wildman–Crippen LogP) is 3.89. The highest BCUT2D eigenvalue weighted by Crippen LogP contribution is 2.46. The number of rotatable bonds is 4. The average molecular weight is 359 g/mol. The van der Waals surface area contributed by atoms with Gasteiger partial charge in [0.25, 0.3) is 0 Å². The molecule has 4 heteroatoms. The first-order chi connectivity index (χ1) is 13.2. The molecule has 2 saturated heterocycles. The summed E-state index contributed by atoms with van der Waals surface area (Å²) in [6, 6.07) is 21.6. The van der Waals surface area contributed by atoms with E-state index in [4.69, 9.17) is 0 Å². The van der Waals surface area contributed by atoms with Gasteiger partial charge < -0.3 is 5.11 Å². The molecule has 2 unspecified atom stereocenters. The lowest BCUT2D eigenvalue weighted by atomic mass is 9.81. The molecular weight excluding hydrogens is 334 g/mol. The highest BCUT2D eigenvalue weighted by Gasteiger charge is 2.48. The topological polar surface area (TPSA) is 41.3 Å². The second kappa shape index (κ2) is 6.63. The highest BCUT2D eigenvalue weighted by molar-refractivity contribution is 5.32. The molecule has 0 aliphatic carbocycles. The third-order valence-electron chi connectivity index (χ3n) is 6.27. The minimum atomic E-state index is -0.772. The molecule has 1 aromatic heterocycles. The molecule has 3 heterocycles. The number of para-hydroxylation sites is 1. The number of benzene rings is 2. The van der Waals surface area contributed by atoms with Crippen LogP contribution in [0.3, 0.4) is 0 Å². The molecule has 5 rings (SSSR count). The van der Waals surface area contributed by atoms with Crippen molar-refractivity contribution in [2.45, 2.75) is 49.9 Å². The third-order valence-corrected chi connectivity index (χ3v) is 6.27. The van der Waals surface area contributed by atoms with Gasteiger partial charge in [-0.2, -0.15) is 5.10 Å². The van der Waals surface area contributed by atoms with Crippen molar-refractivity contribution in [3.05, 3.63) is 84.2 Å². The number of fused-ring (bicyclic) bond motifs is 2. The predicted molar refractivity (Wildman–Crippen MR) is 105 cm³/mol. The molecule has 138 valence electrons. The zero-order valence-corrected chi connectivity index (χ0v) is 15.4. The number of aliphatic hydroxyl groups is 1. The van der Waals surface area contributed by atoms with E-state index >= 15 is 0 Å². The fraction of sp³-hybridized carbons (Fsp3) is 0.348. The van der Waals surface area contributed by atoms with Crippen LogP contribution in [-0.4, -0.2) is 31.9 Å². The Balaban J connectivity index is 1.36. The van der Waals surface area contributed by atoms with E-state index < -0.39 is 5.60 Å². The van der Waals surface area contributed by atoms with Crippen LogP contribution in [0.1, 0.15) is 36.8 Å². The molecule has 0 amide bonds. The van der Waals surface area contributed by atoms with Crippen LogP contribution in [0, 0.1) is 0 Å². The monoisotopic (exact) mass is 359 g/mol. The Labute approximate surface area is 160 Å². The smallest absolute Gasteiger partial charge is 0.0956 e. The van der Waals surface area contributed by atoms with E-state index in [-0.39, 0.29) is 0 Å². The molecule has 2 aliphatic heterocycles. The molecule has 0 radical (unpaired) electrons. The Hall–Kier alpha value is -2.43. The largest absolute Gasteiger partial charge is 0.385 e. The molecule has 27 heavy (non-hydrogen) atoms. The molecule has 3 aromatic rings. The standard InChI is InChI=1S/C23H25N3O/c27-23(19-15-24-26(17-19)20-9-5-2-6-10-20)13-21-11-12-22(14-23)25(21)16-18-7-3-1-4-8-18/h1-10,15,17,21-22,27H,11-14,16H2. The lowest BCUT2D eigenvalue weighted by Gasteiger charge is -2.43. The van der Waals surface area contributed by atoms with Crippen LogP contribution >= 0.6 is 0 Å². The van der Waals surface area contributed by atoms with Gasteiger partial charge in [-0.15, -0.1) is 0 Å². The Morgan fingerprint density at radius 3 is 2.22 bits per heavy atom. The van der Waals surface area contributed by atoms with Gasteiger partial charge in [-0.3, -0.25) is 4.90 Å². The van der Waals surface area contributed by atoms with Gasteiger partial charge in [-0.05, 0) is 43.4 Å². The van der Waals surface area contributed by atoms with Crippen LogP contribution in [0.4, 0.5) is 0 Å². The Bertz CT molecular complexity index is 892. The van der Waals surface area contributed by atoms with Gasteiger partial charge in [-0.25, -0.2) is 4.68 Å². The zero-order chi connectivity index (χ0) is 18.3. The van der Waals surface area contributed by atoms with Crippen LogP contribution < -0.4 is 0 Å². The Morgan fingerprint density at radius 1 is 0.926 bits per heavy atom. The molecule has 1 N–H and O–H groups in total. The maximum absolute atomic E-state index is 11.5. The van der Waals surface area contributed by atoms with Gasteiger partial charge in [0, 0.05) is 30.4 Å². The van der Waals surface area contributed by atoms with Gasteiger partial charge in [0.05, 0.1) is 17.5 Å². The zero-order valence-electron chi connectivity index (χ0n) is 15.4. The molecule has 2 atom stereocenters. The van der Waals surface area contributed by atoms with Crippen molar-refractivity contribution in [3.63, 3.8) is 0 Å². The summed E-state index contributed by atoms with van der Waals surface area (Å²) >= 11 is 0. The fourth-order valence-corrected chi connectivity index (χ4v) is 4.89. The normalized spacial score (nSPS) is 27.7. The Morgan fingerprint density at radius 2 is 1.56 bits per heavy atom. The number of aromatic nitrogens is 2. The maximum Gasteiger partial charge on any atom is 0.0956 e. The van der Waals surface area contributed by atoms with Crippen LogP contribution in [-0.2, 0) is 12.1 Å². The van der Waals surface area contributed by atoms with Crippen LogP contribution in [0.25, 0.3) is 5.69 Å². The van der Waals surface area contributed by atoms with Crippen molar-refractivity contribution < 1.29 is 5.11 Å². The summed E-state index contributed by atoms with van der Waals surface area (Å²) in [6.45, 7) is 0.982. The van der Waals surface area contributed by atoms with E-state index in [1.807, 2.05) is 47.4 Å². The van der Waals surface area contributed by atoms with E-state index in [9.17, 15) is 5.11 Å². The maximum atomic E-state index is 11.5.